The van der Waals surface area contributed by atoms with Gasteiger partial charge in [0, 0.05) is 63.4 Å². The lowest BCUT2D eigenvalue weighted by Gasteiger charge is -2.34. The van der Waals surface area contributed by atoms with Gasteiger partial charge in [0.25, 0.3) is 0 Å². The molecule has 2 heterocycles. The number of piperidine rings is 1. The summed E-state index contributed by atoms with van der Waals surface area (Å²) in [6.07, 6.45) is -3.84. The number of nitrogens with one attached hydrogen (secondary N) is 1. The van der Waals surface area contributed by atoms with Crippen LogP contribution in [0.3, 0.4) is 0 Å². The number of hydrogen-bond acceptors (Lipinski definition) is 5. The number of benzene rings is 2. The second-order valence-electron chi connectivity index (χ2n) is 10.1. The standard InChI is InChI=1S/C28H36F3N5O2/c1-3-35(27(38)20-34-17-16-33(2)26(37)19-34)18-21-4-6-23(7-5-21)32-24-8-10-25(11-9-24)36-14-12-22(13-15-36)28(29,30)31/h4-11,22,32H,3,12-20H2,1-2H3. The van der Waals surface area contributed by atoms with Crippen LogP contribution in [0.5, 0.6) is 0 Å². The molecule has 0 unspecified atom stereocenters. The molecular formula is C28H36F3N5O2. The maximum Gasteiger partial charge on any atom is 0.391 e. The normalized spacial score (nSPS) is 17.6. The van der Waals surface area contributed by atoms with Crippen molar-refractivity contribution in [2.75, 3.05) is 63.1 Å². The minimum atomic E-state index is -4.11. The zero-order chi connectivity index (χ0) is 27.3. The number of alkyl halides is 3. The Kier molecular flexibility index (Phi) is 8.81. The Morgan fingerprint density at radius 1 is 0.974 bits per heavy atom. The van der Waals surface area contributed by atoms with Gasteiger partial charge in [-0.15, -0.1) is 0 Å². The topological polar surface area (TPSA) is 59.1 Å². The summed E-state index contributed by atoms with van der Waals surface area (Å²) >= 11 is 0. The van der Waals surface area contributed by atoms with Gasteiger partial charge in [0.1, 0.15) is 0 Å². The summed E-state index contributed by atoms with van der Waals surface area (Å²) < 4.78 is 38.8. The number of rotatable bonds is 8. The Morgan fingerprint density at radius 2 is 1.58 bits per heavy atom. The monoisotopic (exact) mass is 531 g/mol. The first kappa shape index (κ1) is 27.8. The lowest BCUT2D eigenvalue weighted by molar-refractivity contribution is -0.179. The van der Waals surface area contributed by atoms with E-state index >= 15 is 0 Å². The van der Waals surface area contributed by atoms with Gasteiger partial charge in [-0.1, -0.05) is 12.1 Å². The van der Waals surface area contributed by atoms with E-state index < -0.39 is 12.1 Å². The van der Waals surface area contributed by atoms with E-state index in [1.54, 1.807) is 16.8 Å². The van der Waals surface area contributed by atoms with Crippen LogP contribution in [0.2, 0.25) is 0 Å². The molecular weight excluding hydrogens is 495 g/mol. The fourth-order valence-electron chi connectivity index (χ4n) is 4.91. The van der Waals surface area contributed by atoms with Gasteiger partial charge < -0.3 is 20.0 Å². The maximum absolute atomic E-state index is 12.9. The molecule has 0 spiro atoms. The Bertz CT molecular complexity index is 1080. The van der Waals surface area contributed by atoms with Crippen LogP contribution in [0.15, 0.2) is 48.5 Å². The van der Waals surface area contributed by atoms with E-state index in [2.05, 4.69) is 5.32 Å². The van der Waals surface area contributed by atoms with Gasteiger partial charge in [-0.3, -0.25) is 14.5 Å². The van der Waals surface area contributed by atoms with Crippen LogP contribution in [0, 0.1) is 5.92 Å². The fraction of sp³-hybridized carbons (Fsp3) is 0.500. The first-order chi connectivity index (χ1) is 18.1. The molecule has 0 aliphatic carbocycles. The van der Waals surface area contributed by atoms with E-state index in [0.29, 0.717) is 39.3 Å². The second-order valence-corrected chi connectivity index (χ2v) is 10.1. The van der Waals surface area contributed by atoms with E-state index in [-0.39, 0.29) is 37.7 Å². The average molecular weight is 532 g/mol. The van der Waals surface area contributed by atoms with E-state index in [1.165, 1.54) is 0 Å². The third-order valence-corrected chi connectivity index (χ3v) is 7.44. The molecule has 2 fully saturated rings. The quantitative estimate of drug-likeness (QED) is 0.550. The van der Waals surface area contributed by atoms with Gasteiger partial charge in [-0.05, 0) is 61.7 Å². The number of likely N-dealkylation sites (N-methyl/N-ethyl adjacent to an activating group) is 2. The molecule has 206 valence electrons. The summed E-state index contributed by atoms with van der Waals surface area (Å²) in [6.45, 7) is 5.69. The van der Waals surface area contributed by atoms with Crippen molar-refractivity contribution in [2.24, 2.45) is 5.92 Å². The minimum Gasteiger partial charge on any atom is -0.372 e. The summed E-state index contributed by atoms with van der Waals surface area (Å²) in [7, 11) is 1.78. The molecule has 0 bridgehead atoms. The number of carbonyl (C=O) groups is 2. The summed E-state index contributed by atoms with van der Waals surface area (Å²) in [5, 5.41) is 3.35. The van der Waals surface area contributed by atoms with Crippen molar-refractivity contribution in [3.8, 4) is 0 Å². The predicted octanol–water partition coefficient (Wildman–Crippen LogP) is 4.33. The number of carbonyl (C=O) groups excluding carboxylic acids is 2. The van der Waals surface area contributed by atoms with Gasteiger partial charge in [0.05, 0.1) is 19.0 Å². The Balaban J connectivity index is 1.27. The van der Waals surface area contributed by atoms with Crippen molar-refractivity contribution in [3.63, 3.8) is 0 Å². The van der Waals surface area contributed by atoms with Crippen LogP contribution < -0.4 is 10.2 Å². The first-order valence-corrected chi connectivity index (χ1v) is 13.1. The third kappa shape index (κ3) is 7.18. The Labute approximate surface area is 222 Å². The van der Waals surface area contributed by atoms with E-state index in [1.807, 2.05) is 65.3 Å². The predicted molar refractivity (Wildman–Crippen MR) is 142 cm³/mol. The molecule has 0 radical (unpaired) electrons. The molecule has 2 amide bonds. The SMILES string of the molecule is CCN(Cc1ccc(Nc2ccc(N3CCC(C(F)(F)F)CC3)cc2)cc1)C(=O)CN1CCN(C)C(=O)C1. The van der Waals surface area contributed by atoms with Crippen LogP contribution in [-0.2, 0) is 16.1 Å². The van der Waals surface area contributed by atoms with Crippen LogP contribution in [0.4, 0.5) is 30.2 Å². The molecule has 38 heavy (non-hydrogen) atoms. The molecule has 2 saturated heterocycles. The molecule has 0 saturated carbocycles. The van der Waals surface area contributed by atoms with Gasteiger partial charge in [-0.2, -0.15) is 13.2 Å². The van der Waals surface area contributed by atoms with Crippen LogP contribution >= 0.6 is 0 Å². The van der Waals surface area contributed by atoms with E-state index in [4.69, 9.17) is 0 Å². The Hall–Kier alpha value is -3.27. The van der Waals surface area contributed by atoms with Crippen molar-refractivity contribution in [1.82, 2.24) is 14.7 Å². The fourth-order valence-corrected chi connectivity index (χ4v) is 4.91. The first-order valence-electron chi connectivity index (χ1n) is 13.1. The highest BCUT2D eigenvalue weighted by Crippen LogP contribution is 2.35. The number of amides is 2. The van der Waals surface area contributed by atoms with Crippen molar-refractivity contribution >= 4 is 28.9 Å². The van der Waals surface area contributed by atoms with Gasteiger partial charge in [0.15, 0.2) is 0 Å². The second kappa shape index (κ2) is 12.1. The number of anilines is 3. The van der Waals surface area contributed by atoms with Crippen LogP contribution in [0.25, 0.3) is 0 Å². The highest BCUT2D eigenvalue weighted by atomic mass is 19.4. The molecule has 1 N–H and O–H groups in total. The number of halogens is 3. The summed E-state index contributed by atoms with van der Waals surface area (Å²) in [5.41, 5.74) is 3.73. The molecule has 4 rings (SSSR count). The molecule has 0 atom stereocenters. The van der Waals surface area contributed by atoms with Crippen molar-refractivity contribution < 1.29 is 22.8 Å². The van der Waals surface area contributed by atoms with Crippen molar-refractivity contribution in [3.05, 3.63) is 54.1 Å². The lowest BCUT2D eigenvalue weighted by Crippen LogP contribution is -2.51. The maximum atomic E-state index is 12.9. The number of piperazine rings is 1. The highest BCUT2D eigenvalue weighted by Gasteiger charge is 2.41. The largest absolute Gasteiger partial charge is 0.391 e. The Morgan fingerprint density at radius 3 is 2.13 bits per heavy atom. The number of hydrogen-bond donors (Lipinski definition) is 1. The van der Waals surface area contributed by atoms with Crippen LogP contribution in [-0.4, -0.2) is 85.6 Å². The van der Waals surface area contributed by atoms with Gasteiger partial charge in [0.2, 0.25) is 11.8 Å². The molecule has 2 aliphatic heterocycles. The van der Waals surface area contributed by atoms with Gasteiger partial charge in [-0.25, -0.2) is 0 Å². The third-order valence-electron chi connectivity index (χ3n) is 7.44. The van der Waals surface area contributed by atoms with E-state index in [0.717, 1.165) is 22.6 Å². The summed E-state index contributed by atoms with van der Waals surface area (Å²) in [4.78, 5) is 32.1. The lowest BCUT2D eigenvalue weighted by atomic mass is 9.96. The van der Waals surface area contributed by atoms with Crippen molar-refractivity contribution in [2.45, 2.75) is 32.5 Å². The summed E-state index contributed by atoms with van der Waals surface area (Å²) in [6, 6.07) is 15.6. The molecule has 0 aromatic heterocycles. The average Bonchev–Trinajstić information content (AvgIpc) is 2.90. The van der Waals surface area contributed by atoms with Gasteiger partial charge >= 0.3 is 6.18 Å². The van der Waals surface area contributed by atoms with Crippen LogP contribution in [0.1, 0.15) is 25.3 Å². The molecule has 2 aromatic rings. The highest BCUT2D eigenvalue weighted by molar-refractivity contribution is 5.82. The number of nitrogens with zero attached hydrogens (tertiary/aromatic N) is 4. The zero-order valence-electron chi connectivity index (χ0n) is 22.0. The van der Waals surface area contributed by atoms with Crippen molar-refractivity contribution in [1.29, 1.82) is 0 Å². The summed E-state index contributed by atoms with van der Waals surface area (Å²) in [5.74, 6) is -1.15. The van der Waals surface area contributed by atoms with E-state index in [9.17, 15) is 22.8 Å². The zero-order valence-corrected chi connectivity index (χ0v) is 22.0. The molecule has 2 aromatic carbocycles. The molecule has 10 heteroatoms. The smallest absolute Gasteiger partial charge is 0.372 e. The molecule has 7 nitrogen and oxygen atoms in total. The molecule has 2 aliphatic rings. The minimum absolute atomic E-state index is 0.00905.